The van der Waals surface area contributed by atoms with Crippen molar-refractivity contribution in [3.05, 3.63) is 23.9 Å². The summed E-state index contributed by atoms with van der Waals surface area (Å²) in [5.41, 5.74) is 1.01. The standard InChI is InChI=1S/C6H5NO2/c1-2-5-4-8-9-6(5)7-3-1/h1-3H,4H2. The normalized spacial score (nSPS) is 14.7. The number of fused-ring (bicyclic) bond motifs is 1. The molecule has 3 heteroatoms. The Labute approximate surface area is 52.2 Å². The van der Waals surface area contributed by atoms with Crippen LogP contribution in [0.15, 0.2) is 18.3 Å². The van der Waals surface area contributed by atoms with Gasteiger partial charge in [0.05, 0.1) is 0 Å². The van der Waals surface area contributed by atoms with Gasteiger partial charge < -0.3 is 4.89 Å². The average Bonchev–Trinajstić information content (AvgIpc) is 2.33. The molecule has 0 saturated heterocycles. The molecule has 1 aromatic heterocycles. The van der Waals surface area contributed by atoms with Gasteiger partial charge in [-0.15, -0.1) is 0 Å². The van der Waals surface area contributed by atoms with Crippen molar-refractivity contribution in [2.24, 2.45) is 0 Å². The summed E-state index contributed by atoms with van der Waals surface area (Å²) in [6.45, 7) is 0.517. The van der Waals surface area contributed by atoms with Gasteiger partial charge in [0, 0.05) is 11.8 Å². The first-order chi connectivity index (χ1) is 4.47. The Bertz CT molecular complexity index is 201. The number of hydrogen-bond donors (Lipinski definition) is 0. The van der Waals surface area contributed by atoms with Gasteiger partial charge in [0.2, 0.25) is 0 Å². The first-order valence-electron chi connectivity index (χ1n) is 2.70. The molecule has 1 aliphatic rings. The Kier molecular flexibility index (Phi) is 0.899. The van der Waals surface area contributed by atoms with Gasteiger partial charge in [-0.1, -0.05) is 0 Å². The van der Waals surface area contributed by atoms with Gasteiger partial charge >= 0.3 is 0 Å². The molecule has 46 valence electrons. The van der Waals surface area contributed by atoms with Crippen LogP contribution in [-0.2, 0) is 11.5 Å². The van der Waals surface area contributed by atoms with Crippen LogP contribution in [0, 0.1) is 0 Å². The van der Waals surface area contributed by atoms with Gasteiger partial charge in [0.25, 0.3) is 5.88 Å². The van der Waals surface area contributed by atoms with Crippen LogP contribution >= 0.6 is 0 Å². The van der Waals surface area contributed by atoms with Gasteiger partial charge in [-0.05, 0) is 12.1 Å². The quantitative estimate of drug-likeness (QED) is 0.480. The summed E-state index contributed by atoms with van der Waals surface area (Å²) in [6, 6.07) is 3.78. The van der Waals surface area contributed by atoms with Crippen molar-refractivity contribution in [3.8, 4) is 5.88 Å². The van der Waals surface area contributed by atoms with Gasteiger partial charge in [-0.25, -0.2) is 4.98 Å². The molecule has 2 rings (SSSR count). The molecular weight excluding hydrogens is 118 g/mol. The van der Waals surface area contributed by atoms with E-state index in [1.807, 2.05) is 12.1 Å². The predicted octanol–water partition coefficient (Wildman–Crippen LogP) is 0.906. The van der Waals surface area contributed by atoms with E-state index in [0.717, 1.165) is 5.56 Å². The van der Waals surface area contributed by atoms with Crippen molar-refractivity contribution in [1.82, 2.24) is 4.98 Å². The molecule has 0 radical (unpaired) electrons. The number of nitrogens with zero attached hydrogens (tertiary/aromatic N) is 1. The first-order valence-corrected chi connectivity index (χ1v) is 2.70. The van der Waals surface area contributed by atoms with E-state index in [2.05, 4.69) is 14.8 Å². The minimum absolute atomic E-state index is 0.517. The number of aromatic nitrogens is 1. The topological polar surface area (TPSA) is 31.4 Å². The van der Waals surface area contributed by atoms with E-state index >= 15 is 0 Å². The Morgan fingerprint density at radius 3 is 3.44 bits per heavy atom. The first kappa shape index (κ1) is 4.76. The Hall–Kier alpha value is -1.09. The molecule has 0 unspecified atom stereocenters. The van der Waals surface area contributed by atoms with Crippen LogP contribution in [-0.4, -0.2) is 4.98 Å². The van der Waals surface area contributed by atoms with Crippen LogP contribution in [0.4, 0.5) is 0 Å². The molecule has 0 bridgehead atoms. The second-order valence-electron chi connectivity index (χ2n) is 1.81. The lowest BCUT2D eigenvalue weighted by Crippen LogP contribution is -1.83. The lowest BCUT2D eigenvalue weighted by atomic mass is 10.3. The highest BCUT2D eigenvalue weighted by Crippen LogP contribution is 2.21. The van der Waals surface area contributed by atoms with Crippen molar-refractivity contribution in [1.29, 1.82) is 0 Å². The van der Waals surface area contributed by atoms with Crippen LogP contribution in [0.3, 0.4) is 0 Å². The maximum atomic E-state index is 4.69. The van der Waals surface area contributed by atoms with Crippen molar-refractivity contribution in [2.75, 3.05) is 0 Å². The van der Waals surface area contributed by atoms with Crippen LogP contribution < -0.4 is 4.89 Å². The van der Waals surface area contributed by atoms with E-state index in [1.54, 1.807) is 6.20 Å². The molecule has 0 fully saturated rings. The van der Waals surface area contributed by atoms with E-state index in [-0.39, 0.29) is 0 Å². The summed E-state index contributed by atoms with van der Waals surface area (Å²) in [6.07, 6.45) is 1.67. The molecule has 0 N–H and O–H groups in total. The van der Waals surface area contributed by atoms with Gasteiger partial charge in [0.1, 0.15) is 6.61 Å². The summed E-state index contributed by atoms with van der Waals surface area (Å²) < 4.78 is 0. The lowest BCUT2D eigenvalue weighted by molar-refractivity contribution is -0.197. The third kappa shape index (κ3) is 0.658. The molecule has 0 aromatic carbocycles. The van der Waals surface area contributed by atoms with E-state index < -0.39 is 0 Å². The van der Waals surface area contributed by atoms with E-state index in [0.29, 0.717) is 12.5 Å². The molecular formula is C6H5NO2. The van der Waals surface area contributed by atoms with Gasteiger partial charge in [-0.3, -0.25) is 0 Å². The summed E-state index contributed by atoms with van der Waals surface area (Å²) in [7, 11) is 0. The summed E-state index contributed by atoms with van der Waals surface area (Å²) in [5.74, 6) is 0.595. The molecule has 1 aliphatic heterocycles. The number of hydrogen-bond acceptors (Lipinski definition) is 3. The van der Waals surface area contributed by atoms with E-state index in [4.69, 9.17) is 0 Å². The molecule has 2 heterocycles. The minimum atomic E-state index is 0.517. The highest BCUT2D eigenvalue weighted by molar-refractivity contribution is 5.25. The fourth-order valence-electron chi connectivity index (χ4n) is 0.758. The number of pyridine rings is 1. The Balaban J connectivity index is 2.54. The molecule has 0 aliphatic carbocycles. The molecule has 0 amide bonds. The smallest absolute Gasteiger partial charge is 0.261 e. The maximum absolute atomic E-state index is 4.69. The fourth-order valence-corrected chi connectivity index (χ4v) is 0.758. The summed E-state index contributed by atoms with van der Waals surface area (Å²) >= 11 is 0. The zero-order valence-electron chi connectivity index (χ0n) is 4.70. The second kappa shape index (κ2) is 1.70. The second-order valence-corrected chi connectivity index (χ2v) is 1.81. The molecule has 0 spiro atoms. The van der Waals surface area contributed by atoms with Crippen LogP contribution in [0.2, 0.25) is 0 Å². The molecule has 0 saturated carbocycles. The lowest BCUT2D eigenvalue weighted by Gasteiger charge is -1.88. The van der Waals surface area contributed by atoms with Crippen LogP contribution in [0.1, 0.15) is 5.56 Å². The summed E-state index contributed by atoms with van der Waals surface area (Å²) in [5, 5.41) is 0. The Morgan fingerprint density at radius 2 is 2.56 bits per heavy atom. The van der Waals surface area contributed by atoms with Crippen molar-refractivity contribution in [3.63, 3.8) is 0 Å². The molecule has 3 nitrogen and oxygen atoms in total. The third-order valence-corrected chi connectivity index (χ3v) is 1.20. The zero-order chi connectivity index (χ0) is 6.10. The van der Waals surface area contributed by atoms with E-state index in [9.17, 15) is 0 Å². The van der Waals surface area contributed by atoms with Crippen molar-refractivity contribution in [2.45, 2.75) is 6.61 Å². The highest BCUT2D eigenvalue weighted by Gasteiger charge is 2.12. The fraction of sp³-hybridized carbons (Fsp3) is 0.167. The van der Waals surface area contributed by atoms with Crippen LogP contribution in [0.25, 0.3) is 0 Å². The summed E-state index contributed by atoms with van der Waals surface area (Å²) in [4.78, 5) is 13.3. The molecule has 1 aromatic rings. The SMILES string of the molecule is c1cnc2c(c1)COO2. The van der Waals surface area contributed by atoms with E-state index in [1.165, 1.54) is 0 Å². The average molecular weight is 123 g/mol. The minimum Gasteiger partial charge on any atom is -0.316 e. The maximum Gasteiger partial charge on any atom is 0.261 e. The van der Waals surface area contributed by atoms with Gasteiger partial charge in [-0.2, -0.15) is 4.89 Å². The largest absolute Gasteiger partial charge is 0.316 e. The number of rotatable bonds is 0. The van der Waals surface area contributed by atoms with Crippen molar-refractivity contribution >= 4 is 0 Å². The zero-order valence-corrected chi connectivity index (χ0v) is 4.70. The molecule has 0 atom stereocenters. The predicted molar refractivity (Wildman–Crippen MR) is 29.7 cm³/mol. The third-order valence-electron chi connectivity index (χ3n) is 1.20. The molecule has 9 heavy (non-hydrogen) atoms. The van der Waals surface area contributed by atoms with Crippen LogP contribution in [0.5, 0.6) is 5.88 Å². The highest BCUT2D eigenvalue weighted by atomic mass is 17.2. The van der Waals surface area contributed by atoms with Gasteiger partial charge in [0.15, 0.2) is 0 Å². The van der Waals surface area contributed by atoms with Crippen molar-refractivity contribution < 1.29 is 9.78 Å². The Morgan fingerprint density at radius 1 is 1.56 bits per heavy atom. The monoisotopic (exact) mass is 123 g/mol.